The van der Waals surface area contributed by atoms with Crippen molar-refractivity contribution in [3.63, 3.8) is 0 Å². The van der Waals surface area contributed by atoms with E-state index >= 15 is 0 Å². The predicted molar refractivity (Wildman–Crippen MR) is 185 cm³/mol. The van der Waals surface area contributed by atoms with E-state index < -0.39 is 44.0 Å². The molecule has 2 amide bonds. The highest BCUT2D eigenvalue weighted by atomic mass is 28.4. The van der Waals surface area contributed by atoms with Crippen LogP contribution < -0.4 is 25.4 Å². The largest absolute Gasteiger partial charge is 0.534 e. The van der Waals surface area contributed by atoms with E-state index in [1.54, 1.807) is 20.8 Å². The summed E-state index contributed by atoms with van der Waals surface area (Å²) in [6, 6.07) is 26.6. The molecular formula is C37H50N2O6Si. The molecule has 3 rings (SSSR count). The minimum atomic E-state index is -2.82. The number of esters is 1. The summed E-state index contributed by atoms with van der Waals surface area (Å²) in [5.41, 5.74) is 0.0935. The van der Waals surface area contributed by atoms with E-state index in [9.17, 15) is 14.4 Å². The second-order valence-corrected chi connectivity index (χ2v) is 18.2. The monoisotopic (exact) mass is 646 g/mol. The molecule has 0 aliphatic carbocycles. The normalized spacial score (nSPS) is 13.3. The lowest BCUT2D eigenvalue weighted by molar-refractivity contribution is -0.145. The van der Waals surface area contributed by atoms with Gasteiger partial charge in [-0.3, -0.25) is 4.79 Å². The van der Waals surface area contributed by atoms with Gasteiger partial charge in [0, 0.05) is 6.42 Å². The van der Waals surface area contributed by atoms with Gasteiger partial charge >= 0.3 is 20.4 Å². The van der Waals surface area contributed by atoms with Gasteiger partial charge in [0.2, 0.25) is 5.91 Å². The van der Waals surface area contributed by atoms with Gasteiger partial charge in [0.1, 0.15) is 23.4 Å². The number of benzene rings is 3. The van der Waals surface area contributed by atoms with Crippen LogP contribution in [0.5, 0.6) is 5.75 Å². The highest BCUT2D eigenvalue weighted by molar-refractivity contribution is 7.00. The van der Waals surface area contributed by atoms with Crippen LogP contribution in [-0.4, -0.2) is 51.1 Å². The number of rotatable bonds is 12. The molecule has 0 heterocycles. The Morgan fingerprint density at radius 3 is 1.70 bits per heavy atom. The fraction of sp³-hybridized carbons (Fsp3) is 0.432. The smallest absolute Gasteiger partial charge is 0.408 e. The maximum Gasteiger partial charge on any atom is 0.408 e. The maximum absolute atomic E-state index is 13.4. The maximum atomic E-state index is 13.4. The highest BCUT2D eigenvalue weighted by Crippen LogP contribution is 2.37. The molecule has 0 radical (unpaired) electrons. The van der Waals surface area contributed by atoms with Gasteiger partial charge in [0.05, 0.1) is 7.11 Å². The molecule has 0 spiro atoms. The van der Waals surface area contributed by atoms with Crippen LogP contribution in [0.2, 0.25) is 5.04 Å². The van der Waals surface area contributed by atoms with E-state index in [1.807, 2.05) is 74.5 Å². The highest BCUT2D eigenvalue weighted by Gasteiger charge is 2.52. The summed E-state index contributed by atoms with van der Waals surface area (Å²) >= 11 is 0. The SMILES string of the molecule is COC(=O)[C@H](Cc1ccc(O[Si](c2ccccc2)(c2ccccc2)C(C)(C)C)cc1)NC(=O)[C@H](CC(C)C)NC(=O)OC(C)(C)C. The van der Waals surface area contributed by atoms with Crippen LogP contribution in [0.4, 0.5) is 4.79 Å². The Morgan fingerprint density at radius 1 is 0.739 bits per heavy atom. The van der Waals surface area contributed by atoms with Crippen molar-refractivity contribution >= 4 is 36.7 Å². The first-order valence-corrected chi connectivity index (χ1v) is 17.7. The molecule has 0 saturated heterocycles. The summed E-state index contributed by atoms with van der Waals surface area (Å²) in [4.78, 5) is 38.7. The Morgan fingerprint density at radius 2 is 1.26 bits per heavy atom. The van der Waals surface area contributed by atoms with Crippen LogP contribution in [0.15, 0.2) is 84.9 Å². The molecule has 0 unspecified atom stereocenters. The summed E-state index contributed by atoms with van der Waals surface area (Å²) in [5.74, 6) is -0.247. The average molecular weight is 647 g/mol. The fourth-order valence-electron chi connectivity index (χ4n) is 5.52. The number of carbonyl (C=O) groups excluding carboxylic acids is 3. The topological polar surface area (TPSA) is 103 Å². The number of carbonyl (C=O) groups is 3. The number of nitrogens with one attached hydrogen (secondary N) is 2. The van der Waals surface area contributed by atoms with Gasteiger partial charge in [0.25, 0.3) is 0 Å². The number of hydrogen-bond acceptors (Lipinski definition) is 6. The lowest BCUT2D eigenvalue weighted by Gasteiger charge is -2.43. The molecule has 2 atom stereocenters. The fourth-order valence-corrected chi connectivity index (χ4v) is 9.94. The van der Waals surface area contributed by atoms with Gasteiger partial charge in [-0.1, -0.05) is 107 Å². The number of methoxy groups -OCH3 is 1. The lowest BCUT2D eigenvalue weighted by Crippen LogP contribution is -2.68. The van der Waals surface area contributed by atoms with Crippen molar-refractivity contribution in [2.45, 2.75) is 91.0 Å². The second-order valence-electron chi connectivity index (χ2n) is 14.0. The van der Waals surface area contributed by atoms with Crippen molar-refractivity contribution in [1.29, 1.82) is 0 Å². The molecule has 0 aliphatic heterocycles. The van der Waals surface area contributed by atoms with E-state index in [-0.39, 0.29) is 17.4 Å². The zero-order chi connectivity index (χ0) is 34.1. The molecule has 46 heavy (non-hydrogen) atoms. The molecule has 9 heteroatoms. The minimum Gasteiger partial charge on any atom is -0.534 e. The average Bonchev–Trinajstić information content (AvgIpc) is 2.98. The minimum absolute atomic E-state index is 0.102. The Bertz CT molecular complexity index is 1390. The third-order valence-corrected chi connectivity index (χ3v) is 12.5. The Balaban J connectivity index is 1.86. The molecule has 3 aromatic rings. The van der Waals surface area contributed by atoms with Gasteiger partial charge in [-0.15, -0.1) is 0 Å². The molecule has 248 valence electrons. The van der Waals surface area contributed by atoms with Crippen LogP contribution in [0, 0.1) is 5.92 Å². The molecular weight excluding hydrogens is 597 g/mol. The van der Waals surface area contributed by atoms with E-state index in [1.165, 1.54) is 17.5 Å². The van der Waals surface area contributed by atoms with Gasteiger partial charge in [0.15, 0.2) is 0 Å². The van der Waals surface area contributed by atoms with Crippen molar-refractivity contribution in [2.24, 2.45) is 5.92 Å². The Labute approximate surface area is 275 Å². The van der Waals surface area contributed by atoms with E-state index in [0.717, 1.165) is 11.3 Å². The summed E-state index contributed by atoms with van der Waals surface area (Å²) in [5, 5.41) is 7.60. The number of ether oxygens (including phenoxy) is 2. The van der Waals surface area contributed by atoms with Crippen molar-refractivity contribution < 1.29 is 28.3 Å². The standard InChI is InChI=1S/C37H50N2O6Si/c1-26(2)24-31(39-35(42)44-36(3,4)5)33(40)38-32(34(41)43-9)25-27-20-22-28(23-21-27)45-46(37(6,7)8,29-16-12-10-13-17-29)30-18-14-11-15-19-30/h10-23,26,31-32H,24-25H2,1-9H3,(H,38,40)(H,39,42)/t31-,32-/m0/s1. The van der Waals surface area contributed by atoms with Crippen LogP contribution in [-0.2, 0) is 25.5 Å². The summed E-state index contributed by atoms with van der Waals surface area (Å²) < 4.78 is 17.5. The number of hydrogen-bond donors (Lipinski definition) is 2. The van der Waals surface area contributed by atoms with Crippen molar-refractivity contribution in [2.75, 3.05) is 7.11 Å². The third kappa shape index (κ3) is 9.69. The van der Waals surface area contributed by atoms with Crippen molar-refractivity contribution in [3.05, 3.63) is 90.5 Å². The molecule has 0 aromatic heterocycles. The first kappa shape index (κ1) is 36.4. The van der Waals surface area contributed by atoms with Gasteiger partial charge in [-0.2, -0.15) is 0 Å². The van der Waals surface area contributed by atoms with E-state index in [0.29, 0.717) is 6.42 Å². The summed E-state index contributed by atoms with van der Waals surface area (Å²) in [6.45, 7) is 15.8. The summed E-state index contributed by atoms with van der Waals surface area (Å²) in [7, 11) is -1.53. The molecule has 2 N–H and O–H groups in total. The van der Waals surface area contributed by atoms with Crippen molar-refractivity contribution in [3.8, 4) is 5.75 Å². The number of amides is 2. The van der Waals surface area contributed by atoms with Crippen molar-refractivity contribution in [1.82, 2.24) is 10.6 Å². The van der Waals surface area contributed by atoms with Crippen LogP contribution >= 0.6 is 0 Å². The quantitative estimate of drug-likeness (QED) is 0.192. The first-order valence-electron chi connectivity index (χ1n) is 15.8. The molecule has 0 saturated carbocycles. The van der Waals surface area contributed by atoms with Gasteiger partial charge < -0.3 is 24.5 Å². The Hall–Kier alpha value is -4.11. The first-order chi connectivity index (χ1) is 21.6. The summed E-state index contributed by atoms with van der Waals surface area (Å²) in [6.07, 6.45) is -0.134. The molecule has 3 aromatic carbocycles. The molecule has 0 bridgehead atoms. The number of alkyl carbamates (subject to hydrolysis) is 1. The van der Waals surface area contributed by atoms with Gasteiger partial charge in [-0.05, 0) is 66.2 Å². The lowest BCUT2D eigenvalue weighted by atomic mass is 10.0. The molecule has 8 nitrogen and oxygen atoms in total. The molecule has 0 aliphatic rings. The van der Waals surface area contributed by atoms with Gasteiger partial charge in [-0.25, -0.2) is 9.59 Å². The van der Waals surface area contributed by atoms with Crippen LogP contribution in [0.1, 0.15) is 67.4 Å². The van der Waals surface area contributed by atoms with E-state index in [4.69, 9.17) is 13.9 Å². The zero-order valence-corrected chi connectivity index (χ0v) is 29.7. The third-order valence-electron chi connectivity index (χ3n) is 7.57. The molecule has 0 fully saturated rings. The Kier molecular flexibility index (Phi) is 12.2. The van der Waals surface area contributed by atoms with Crippen LogP contribution in [0.3, 0.4) is 0 Å². The van der Waals surface area contributed by atoms with Crippen LogP contribution in [0.25, 0.3) is 0 Å². The second kappa shape index (κ2) is 15.5. The van der Waals surface area contributed by atoms with E-state index in [2.05, 4.69) is 55.7 Å². The predicted octanol–water partition coefficient (Wildman–Crippen LogP) is 5.77. The zero-order valence-electron chi connectivity index (χ0n) is 28.7.